The molecule has 5 nitrogen and oxygen atoms in total. The molecule has 7 heavy (non-hydrogen) atoms. The number of hydrogen-bond donors (Lipinski definition) is 0. The Labute approximate surface area is 46.2 Å². The molecule has 0 aromatic heterocycles. The van der Waals surface area contributed by atoms with E-state index < -0.39 is 0 Å². The van der Waals surface area contributed by atoms with E-state index >= 15 is 0 Å². The molecule has 2 N–H and O–H groups in total. The van der Waals surface area contributed by atoms with Crippen LogP contribution >= 0.6 is 12.4 Å². The Hall–Kier alpha value is -0.550. The predicted molar refractivity (Wildman–Crippen MR) is 25.4 cm³/mol. The van der Waals surface area contributed by atoms with Gasteiger partial charge in [-0.05, 0) is 10.4 Å². The van der Waals surface area contributed by atoms with Crippen LogP contribution in [0.15, 0.2) is 20.7 Å². The van der Waals surface area contributed by atoms with Crippen molar-refractivity contribution in [3.63, 3.8) is 0 Å². The molecule has 0 spiro atoms. The molecule has 0 bridgehead atoms. The smallest absolute Gasteiger partial charge is 0.175 e. The predicted octanol–water partition coefficient (Wildman–Crippen LogP) is 0.374. The zero-order chi connectivity index (χ0) is 3.54. The average molecular weight is 125 g/mol. The highest BCUT2D eigenvalue weighted by molar-refractivity contribution is 5.85. The standard InChI is InChI=1S/CH2N4.ClH.H2O/c1-2-4-5-3-1;;/h1H2;1H;1H2. The summed E-state index contributed by atoms with van der Waals surface area (Å²) in [5.41, 5.74) is 0. The lowest BCUT2D eigenvalue weighted by atomic mass is 11.2. The maximum absolute atomic E-state index is 3.38. The van der Waals surface area contributed by atoms with Crippen molar-refractivity contribution in [2.24, 2.45) is 20.7 Å². The normalized spacial score (nSPS) is 12.6. The number of hydrogen-bond acceptors (Lipinski definition) is 4. The number of nitrogens with zero attached hydrogens (tertiary/aromatic N) is 4. The van der Waals surface area contributed by atoms with Gasteiger partial charge in [0, 0.05) is 0 Å². The maximum Gasteiger partial charge on any atom is 0.175 e. The van der Waals surface area contributed by atoms with Crippen LogP contribution in [-0.2, 0) is 0 Å². The van der Waals surface area contributed by atoms with Crippen LogP contribution in [0.5, 0.6) is 0 Å². The molecule has 0 atom stereocenters. The van der Waals surface area contributed by atoms with Crippen LogP contribution in [0.2, 0.25) is 0 Å². The first-order chi connectivity index (χ1) is 2.50. The molecule has 0 aliphatic carbocycles. The number of halogens is 1. The van der Waals surface area contributed by atoms with Crippen LogP contribution in [0.1, 0.15) is 0 Å². The zero-order valence-corrected chi connectivity index (χ0v) is 4.22. The Morgan fingerprint density at radius 3 is 1.57 bits per heavy atom. The minimum atomic E-state index is 0. The van der Waals surface area contributed by atoms with E-state index in [1.165, 1.54) is 0 Å². The summed E-state index contributed by atoms with van der Waals surface area (Å²) in [5.74, 6) is 0. The van der Waals surface area contributed by atoms with Gasteiger partial charge in [-0.25, -0.2) is 0 Å². The van der Waals surface area contributed by atoms with E-state index in [-0.39, 0.29) is 17.9 Å². The molecule has 42 valence electrons. The SMILES string of the molecule is C1N=NN=N1.Cl.O. The van der Waals surface area contributed by atoms with Gasteiger partial charge in [0.25, 0.3) is 0 Å². The third-order valence-electron chi connectivity index (χ3n) is 0.293. The Morgan fingerprint density at radius 2 is 1.43 bits per heavy atom. The van der Waals surface area contributed by atoms with E-state index in [1.807, 2.05) is 0 Å². The summed E-state index contributed by atoms with van der Waals surface area (Å²) in [6.45, 7) is 0.417. The highest BCUT2D eigenvalue weighted by atomic mass is 35.5. The molecule has 1 aliphatic rings. The summed E-state index contributed by atoms with van der Waals surface area (Å²) in [5, 5.41) is 13.1. The second kappa shape index (κ2) is 5.45. The highest BCUT2D eigenvalue weighted by Gasteiger charge is 1.76. The van der Waals surface area contributed by atoms with Gasteiger partial charge in [0.1, 0.15) is 0 Å². The third-order valence-corrected chi connectivity index (χ3v) is 0.293. The van der Waals surface area contributed by atoms with E-state index in [0.717, 1.165) is 0 Å². The van der Waals surface area contributed by atoms with Crippen molar-refractivity contribution < 1.29 is 5.48 Å². The first-order valence-electron chi connectivity index (χ1n) is 1.23. The van der Waals surface area contributed by atoms with Crippen molar-refractivity contribution in [3.05, 3.63) is 0 Å². The van der Waals surface area contributed by atoms with Gasteiger partial charge in [0.05, 0.1) is 0 Å². The van der Waals surface area contributed by atoms with Gasteiger partial charge < -0.3 is 5.48 Å². The van der Waals surface area contributed by atoms with Crippen LogP contribution in [0.4, 0.5) is 0 Å². The Kier molecular flexibility index (Phi) is 7.53. The van der Waals surface area contributed by atoms with Gasteiger partial charge in [-0.15, -0.1) is 22.6 Å². The molecule has 1 aliphatic heterocycles. The quantitative estimate of drug-likeness (QED) is 0.447. The first-order valence-corrected chi connectivity index (χ1v) is 1.23. The molecule has 0 saturated heterocycles. The summed E-state index contributed by atoms with van der Waals surface area (Å²) in [4.78, 5) is 0. The number of rotatable bonds is 0. The van der Waals surface area contributed by atoms with Crippen LogP contribution in [0.25, 0.3) is 0 Å². The fraction of sp³-hybridized carbons (Fsp3) is 1.00. The van der Waals surface area contributed by atoms with E-state index in [4.69, 9.17) is 0 Å². The summed E-state index contributed by atoms with van der Waals surface area (Å²) in [6.07, 6.45) is 0. The molecule has 0 saturated carbocycles. The van der Waals surface area contributed by atoms with Crippen molar-refractivity contribution in [3.8, 4) is 0 Å². The van der Waals surface area contributed by atoms with Crippen LogP contribution in [0, 0.1) is 0 Å². The zero-order valence-electron chi connectivity index (χ0n) is 3.40. The molecule has 1 heterocycles. The van der Waals surface area contributed by atoms with E-state index in [2.05, 4.69) is 20.7 Å². The fourth-order valence-electron chi connectivity index (χ4n) is 0.141. The van der Waals surface area contributed by atoms with Crippen molar-refractivity contribution in [2.75, 3.05) is 6.67 Å². The Morgan fingerprint density at radius 1 is 1.00 bits per heavy atom. The van der Waals surface area contributed by atoms with Crippen LogP contribution < -0.4 is 0 Å². The minimum absolute atomic E-state index is 0. The van der Waals surface area contributed by atoms with E-state index in [1.54, 1.807) is 0 Å². The van der Waals surface area contributed by atoms with Gasteiger partial charge in [-0.2, -0.15) is 0 Å². The summed E-state index contributed by atoms with van der Waals surface area (Å²) in [6, 6.07) is 0. The molecule has 0 aromatic rings. The molecule has 1 rings (SSSR count). The largest absolute Gasteiger partial charge is 0.412 e. The minimum Gasteiger partial charge on any atom is -0.412 e. The third kappa shape index (κ3) is 3.28. The van der Waals surface area contributed by atoms with Crippen molar-refractivity contribution in [1.82, 2.24) is 0 Å². The summed E-state index contributed by atoms with van der Waals surface area (Å²) in [7, 11) is 0. The van der Waals surface area contributed by atoms with Crippen LogP contribution in [0.3, 0.4) is 0 Å². The first kappa shape index (κ1) is 9.67. The summed E-state index contributed by atoms with van der Waals surface area (Å²) >= 11 is 0. The van der Waals surface area contributed by atoms with Gasteiger partial charge in [0.2, 0.25) is 0 Å². The van der Waals surface area contributed by atoms with Crippen LogP contribution in [-0.4, -0.2) is 12.1 Å². The molecule has 6 heteroatoms. The van der Waals surface area contributed by atoms with E-state index in [0.29, 0.717) is 6.67 Å². The molecule has 0 amide bonds. The van der Waals surface area contributed by atoms with Crippen molar-refractivity contribution in [2.45, 2.75) is 0 Å². The Balaban J connectivity index is 0. The molecule has 0 radical (unpaired) electrons. The molecule has 0 fully saturated rings. The second-order valence-electron chi connectivity index (χ2n) is 0.603. The molecule has 0 aromatic carbocycles. The lowest BCUT2D eigenvalue weighted by Crippen LogP contribution is -1.52. The molecule has 0 unspecified atom stereocenters. The fourth-order valence-corrected chi connectivity index (χ4v) is 0.141. The van der Waals surface area contributed by atoms with Crippen molar-refractivity contribution >= 4 is 12.4 Å². The van der Waals surface area contributed by atoms with Crippen molar-refractivity contribution in [1.29, 1.82) is 0 Å². The van der Waals surface area contributed by atoms with Gasteiger partial charge in [0.15, 0.2) is 6.67 Å². The lowest BCUT2D eigenvalue weighted by molar-refractivity contribution is 0.824. The van der Waals surface area contributed by atoms with Gasteiger partial charge in [-0.3, -0.25) is 0 Å². The highest BCUT2D eigenvalue weighted by Crippen LogP contribution is 1.87. The van der Waals surface area contributed by atoms with Gasteiger partial charge in [-0.1, -0.05) is 0 Å². The Bertz CT molecular complexity index is 69.8. The monoisotopic (exact) mass is 124 g/mol. The topological polar surface area (TPSA) is 80.9 Å². The van der Waals surface area contributed by atoms with Gasteiger partial charge >= 0.3 is 0 Å². The molecular formula is CH5ClN4O. The maximum atomic E-state index is 3.38. The molecular weight excluding hydrogens is 119 g/mol. The average Bonchev–Trinajstić information content (AvgIpc) is 1.76. The lowest BCUT2D eigenvalue weighted by Gasteiger charge is -1.52. The van der Waals surface area contributed by atoms with E-state index in [9.17, 15) is 0 Å². The summed E-state index contributed by atoms with van der Waals surface area (Å²) < 4.78 is 0. The second-order valence-corrected chi connectivity index (χ2v) is 0.603.